The van der Waals surface area contributed by atoms with E-state index >= 15 is 0 Å². The van der Waals surface area contributed by atoms with E-state index in [0.717, 1.165) is 11.3 Å². The molecule has 0 aromatic carbocycles. The summed E-state index contributed by atoms with van der Waals surface area (Å²) in [6, 6.07) is -0.377. The Morgan fingerprint density at radius 1 is 1.42 bits per heavy atom. The van der Waals surface area contributed by atoms with E-state index in [0.29, 0.717) is 0 Å². The maximum Gasteiger partial charge on any atom is 0.270 e. The number of aromatic nitrogens is 2. The number of nitrogens with zero attached hydrogens (tertiary/aromatic N) is 2. The average Bonchev–Trinajstić information content (AvgIpc) is 2.73. The zero-order chi connectivity index (χ0) is 14.6. The molecule has 19 heavy (non-hydrogen) atoms. The topological polar surface area (TPSA) is 127 Å². The molecule has 1 unspecified atom stereocenters. The van der Waals surface area contributed by atoms with Crippen LogP contribution in [-0.2, 0) is 14.8 Å². The lowest BCUT2D eigenvalue weighted by Crippen LogP contribution is -2.43. The monoisotopic (exact) mass is 307 g/mol. The highest BCUT2D eigenvalue weighted by atomic mass is 32.2. The normalized spacial score (nSPS) is 13.5. The summed E-state index contributed by atoms with van der Waals surface area (Å²) in [6.45, 7) is 5.22. The van der Waals surface area contributed by atoms with Gasteiger partial charge in [-0.05, 0) is 5.92 Å². The number of nitrogens with two attached hydrogens (primary N) is 1. The van der Waals surface area contributed by atoms with Crippen molar-refractivity contribution in [3.05, 3.63) is 0 Å². The minimum atomic E-state index is -3.77. The number of amides is 1. The molecule has 108 valence electrons. The fraction of sp³-hybridized carbons (Fsp3) is 0.667. The molecule has 0 fully saturated rings. The third-order valence-corrected chi connectivity index (χ3v) is 4.98. The van der Waals surface area contributed by atoms with Crippen LogP contribution in [0.2, 0.25) is 0 Å². The van der Waals surface area contributed by atoms with E-state index in [1.54, 1.807) is 0 Å². The fourth-order valence-corrected chi connectivity index (χ4v) is 3.59. The molecule has 0 radical (unpaired) electrons. The molecule has 1 rings (SSSR count). The van der Waals surface area contributed by atoms with Gasteiger partial charge in [0.1, 0.15) is 0 Å². The minimum absolute atomic E-state index is 0.0579. The van der Waals surface area contributed by atoms with Gasteiger partial charge in [0.25, 0.3) is 10.0 Å². The van der Waals surface area contributed by atoms with Crippen molar-refractivity contribution in [2.45, 2.75) is 31.2 Å². The summed E-state index contributed by atoms with van der Waals surface area (Å²) in [6.07, 6.45) is 0. The van der Waals surface area contributed by atoms with Crippen molar-refractivity contribution in [2.75, 3.05) is 11.9 Å². The van der Waals surface area contributed by atoms with Crippen LogP contribution in [0.1, 0.15) is 20.8 Å². The summed E-state index contributed by atoms with van der Waals surface area (Å²) >= 11 is 0.787. The first-order chi connectivity index (χ1) is 8.76. The highest BCUT2D eigenvalue weighted by Crippen LogP contribution is 2.20. The van der Waals surface area contributed by atoms with Crippen LogP contribution in [0, 0.1) is 5.92 Å². The van der Waals surface area contributed by atoms with E-state index in [2.05, 4.69) is 20.2 Å². The van der Waals surface area contributed by atoms with Crippen LogP contribution in [0.3, 0.4) is 0 Å². The zero-order valence-corrected chi connectivity index (χ0v) is 12.5. The molecule has 1 aromatic heterocycles. The largest absolute Gasteiger partial charge is 0.329 e. The van der Waals surface area contributed by atoms with E-state index in [-0.39, 0.29) is 33.9 Å². The van der Waals surface area contributed by atoms with Crippen molar-refractivity contribution < 1.29 is 13.2 Å². The van der Waals surface area contributed by atoms with E-state index in [1.165, 1.54) is 6.92 Å². The molecule has 0 bridgehead atoms. The lowest BCUT2D eigenvalue weighted by Gasteiger charge is -2.19. The molecule has 1 aromatic rings. The van der Waals surface area contributed by atoms with Crippen molar-refractivity contribution in [2.24, 2.45) is 11.7 Å². The average molecular weight is 307 g/mol. The quantitative estimate of drug-likeness (QED) is 0.622. The van der Waals surface area contributed by atoms with E-state index < -0.39 is 10.0 Å². The standard InChI is InChI=1S/C9H17N5O3S2/c1-5(2)7(4-10)14-19(16,17)9-13-12-8(18-9)11-6(3)15/h5,7,14H,4,10H2,1-3H3,(H,11,12,15). The summed E-state index contributed by atoms with van der Waals surface area (Å²) in [5.41, 5.74) is 5.51. The maximum absolute atomic E-state index is 12.0. The molecule has 1 atom stereocenters. The number of anilines is 1. The summed E-state index contributed by atoms with van der Waals surface area (Å²) in [4.78, 5) is 10.8. The smallest absolute Gasteiger partial charge is 0.270 e. The van der Waals surface area contributed by atoms with Gasteiger partial charge in [-0.15, -0.1) is 10.2 Å². The van der Waals surface area contributed by atoms with Crippen LogP contribution in [0.15, 0.2) is 4.34 Å². The van der Waals surface area contributed by atoms with Gasteiger partial charge in [-0.25, -0.2) is 13.1 Å². The predicted molar refractivity (Wildman–Crippen MR) is 72.2 cm³/mol. The second-order valence-corrected chi connectivity index (χ2v) is 7.13. The number of nitrogens with one attached hydrogen (secondary N) is 2. The molecule has 10 heteroatoms. The first kappa shape index (κ1) is 16.0. The molecule has 0 spiro atoms. The molecular weight excluding hydrogens is 290 g/mol. The van der Waals surface area contributed by atoms with Gasteiger partial charge in [-0.2, -0.15) is 0 Å². The van der Waals surface area contributed by atoms with Crippen LogP contribution in [-0.4, -0.2) is 37.1 Å². The van der Waals surface area contributed by atoms with E-state index in [9.17, 15) is 13.2 Å². The third-order valence-electron chi connectivity index (χ3n) is 2.28. The molecule has 0 saturated carbocycles. The number of rotatable bonds is 6. The first-order valence-electron chi connectivity index (χ1n) is 5.59. The third kappa shape index (κ3) is 4.49. The number of carbonyl (C=O) groups is 1. The number of sulfonamides is 1. The number of hydrogen-bond donors (Lipinski definition) is 3. The van der Waals surface area contributed by atoms with Gasteiger partial charge in [0.05, 0.1) is 0 Å². The van der Waals surface area contributed by atoms with Gasteiger partial charge in [-0.3, -0.25) is 4.79 Å². The molecule has 0 aliphatic rings. The minimum Gasteiger partial charge on any atom is -0.329 e. The van der Waals surface area contributed by atoms with Crippen LogP contribution in [0.25, 0.3) is 0 Å². The zero-order valence-electron chi connectivity index (χ0n) is 10.9. The van der Waals surface area contributed by atoms with Gasteiger partial charge < -0.3 is 11.1 Å². The Bertz CT molecular complexity index is 540. The number of hydrogen-bond acceptors (Lipinski definition) is 7. The fourth-order valence-electron chi connectivity index (χ4n) is 1.23. The molecular formula is C9H17N5O3S2. The van der Waals surface area contributed by atoms with Crippen molar-refractivity contribution in [1.82, 2.24) is 14.9 Å². The molecule has 8 nitrogen and oxygen atoms in total. The van der Waals surface area contributed by atoms with Crippen LogP contribution in [0.5, 0.6) is 0 Å². The summed E-state index contributed by atoms with van der Waals surface area (Å²) < 4.78 is 26.3. The van der Waals surface area contributed by atoms with Crippen LogP contribution in [0.4, 0.5) is 5.13 Å². The molecule has 1 amide bonds. The number of carbonyl (C=O) groups excluding carboxylic acids is 1. The van der Waals surface area contributed by atoms with Gasteiger partial charge in [-0.1, -0.05) is 25.2 Å². The van der Waals surface area contributed by atoms with Crippen molar-refractivity contribution in [1.29, 1.82) is 0 Å². The van der Waals surface area contributed by atoms with E-state index in [4.69, 9.17) is 5.73 Å². The Morgan fingerprint density at radius 2 is 2.05 bits per heavy atom. The Labute approximate surface area is 115 Å². The Morgan fingerprint density at radius 3 is 2.53 bits per heavy atom. The Kier molecular flexibility index (Phi) is 5.35. The summed E-state index contributed by atoms with van der Waals surface area (Å²) in [5.74, 6) is -0.280. The molecule has 0 aliphatic heterocycles. The van der Waals surface area contributed by atoms with Crippen molar-refractivity contribution in [3.8, 4) is 0 Å². The molecule has 1 heterocycles. The second kappa shape index (κ2) is 6.37. The molecule has 0 aliphatic carbocycles. The van der Waals surface area contributed by atoms with Gasteiger partial charge in [0.15, 0.2) is 0 Å². The van der Waals surface area contributed by atoms with Gasteiger partial charge in [0.2, 0.25) is 15.4 Å². The lowest BCUT2D eigenvalue weighted by atomic mass is 10.1. The highest BCUT2D eigenvalue weighted by Gasteiger charge is 2.25. The first-order valence-corrected chi connectivity index (χ1v) is 7.89. The van der Waals surface area contributed by atoms with Crippen LogP contribution >= 0.6 is 11.3 Å². The molecule has 4 N–H and O–H groups in total. The maximum atomic E-state index is 12.0. The SMILES string of the molecule is CC(=O)Nc1nnc(S(=O)(=O)NC(CN)C(C)C)s1. The van der Waals surface area contributed by atoms with Crippen LogP contribution < -0.4 is 15.8 Å². The Balaban J connectivity index is 2.88. The Hall–Kier alpha value is -1.10. The van der Waals surface area contributed by atoms with Crippen molar-refractivity contribution >= 4 is 32.4 Å². The molecule has 0 saturated heterocycles. The van der Waals surface area contributed by atoms with Gasteiger partial charge in [0, 0.05) is 19.5 Å². The lowest BCUT2D eigenvalue weighted by molar-refractivity contribution is -0.114. The van der Waals surface area contributed by atoms with E-state index in [1.807, 2.05) is 13.8 Å². The van der Waals surface area contributed by atoms with Gasteiger partial charge >= 0.3 is 0 Å². The highest BCUT2D eigenvalue weighted by molar-refractivity contribution is 7.91. The predicted octanol–water partition coefficient (Wildman–Crippen LogP) is -0.242. The summed E-state index contributed by atoms with van der Waals surface area (Å²) in [7, 11) is -3.77. The summed E-state index contributed by atoms with van der Waals surface area (Å²) in [5, 5.41) is 9.65. The van der Waals surface area contributed by atoms with Crippen molar-refractivity contribution in [3.63, 3.8) is 0 Å². The second-order valence-electron chi connectivity index (χ2n) is 4.26.